The quantitative estimate of drug-likeness (QED) is 0.430. The van der Waals surface area contributed by atoms with Gasteiger partial charge in [0.2, 0.25) is 0 Å². The zero-order valence-corrected chi connectivity index (χ0v) is 13.5. The Bertz CT molecular complexity index is 161. The molecule has 2 heteroatoms. The van der Waals surface area contributed by atoms with Crippen LogP contribution in [0.2, 0.25) is 0 Å². The molecule has 0 aliphatic carbocycles. The first-order valence-electron chi connectivity index (χ1n) is 8.40. The van der Waals surface area contributed by atoms with Crippen molar-refractivity contribution in [3.63, 3.8) is 0 Å². The van der Waals surface area contributed by atoms with Crippen molar-refractivity contribution in [3.05, 3.63) is 0 Å². The first-order chi connectivity index (χ1) is 9.18. The average Bonchev–Trinajstić information content (AvgIpc) is 2.39. The zero-order chi connectivity index (χ0) is 14.8. The number of hydrogen-bond donors (Lipinski definition) is 1. The van der Waals surface area contributed by atoms with Crippen LogP contribution in [-0.4, -0.2) is 11.1 Å². The third-order valence-electron chi connectivity index (χ3n) is 3.20. The zero-order valence-electron chi connectivity index (χ0n) is 13.5. The van der Waals surface area contributed by atoms with Crippen LogP contribution in [0.4, 0.5) is 0 Å². The van der Waals surface area contributed by atoms with E-state index in [1.807, 2.05) is 0 Å². The Kier molecular flexibility index (Phi) is 21.7. The monoisotopic (exact) mass is 272 g/mol. The van der Waals surface area contributed by atoms with Crippen LogP contribution in [0.1, 0.15) is 104 Å². The topological polar surface area (TPSA) is 37.3 Å². The predicted octanol–water partition coefficient (Wildman–Crippen LogP) is 6.19. The van der Waals surface area contributed by atoms with Crippen molar-refractivity contribution in [2.24, 2.45) is 0 Å². The molecule has 0 aliphatic rings. The van der Waals surface area contributed by atoms with E-state index >= 15 is 0 Å². The predicted molar refractivity (Wildman–Crippen MR) is 84.7 cm³/mol. The molecule has 1 N–H and O–H groups in total. The molecule has 19 heavy (non-hydrogen) atoms. The summed E-state index contributed by atoms with van der Waals surface area (Å²) in [7, 11) is 0. The van der Waals surface area contributed by atoms with Crippen molar-refractivity contribution in [1.82, 2.24) is 0 Å². The maximum Gasteiger partial charge on any atom is 0.303 e. The second kappa shape index (κ2) is 19.8. The van der Waals surface area contributed by atoms with E-state index in [9.17, 15) is 4.79 Å². The fourth-order valence-electron chi connectivity index (χ4n) is 1.91. The Morgan fingerprint density at radius 1 is 0.632 bits per heavy atom. The number of carbonyl (C=O) groups is 1. The molecule has 0 fully saturated rings. The molecular weight excluding hydrogens is 236 g/mol. The van der Waals surface area contributed by atoms with E-state index in [2.05, 4.69) is 20.8 Å². The highest BCUT2D eigenvalue weighted by Gasteiger charge is 1.95. The van der Waals surface area contributed by atoms with Crippen molar-refractivity contribution in [1.29, 1.82) is 0 Å². The largest absolute Gasteiger partial charge is 0.481 e. The molecular formula is C17H36O2. The Morgan fingerprint density at radius 2 is 0.947 bits per heavy atom. The number of hydrogen-bond acceptors (Lipinski definition) is 1. The van der Waals surface area contributed by atoms with Crippen LogP contribution < -0.4 is 0 Å². The third-order valence-corrected chi connectivity index (χ3v) is 3.20. The molecule has 0 atom stereocenters. The molecule has 0 aromatic carbocycles. The third kappa shape index (κ3) is 26.9. The lowest BCUT2D eigenvalue weighted by Gasteiger charge is -1.97. The molecule has 0 saturated heterocycles. The van der Waals surface area contributed by atoms with Crippen molar-refractivity contribution in [2.45, 2.75) is 104 Å². The molecule has 0 rings (SSSR count). The Hall–Kier alpha value is -0.530. The summed E-state index contributed by atoms with van der Waals surface area (Å²) in [5.74, 6) is -0.666. The smallest absolute Gasteiger partial charge is 0.303 e. The van der Waals surface area contributed by atoms with Gasteiger partial charge in [-0.2, -0.15) is 0 Å². The highest BCUT2D eigenvalue weighted by molar-refractivity contribution is 5.66. The van der Waals surface area contributed by atoms with E-state index < -0.39 is 5.97 Å². The number of unbranched alkanes of at least 4 members (excludes halogenated alkanes) is 10. The average molecular weight is 272 g/mol. The van der Waals surface area contributed by atoms with Gasteiger partial charge in [-0.1, -0.05) is 91.4 Å². The summed E-state index contributed by atoms with van der Waals surface area (Å²) in [5.41, 5.74) is 0. The molecule has 0 amide bonds. The van der Waals surface area contributed by atoms with Gasteiger partial charge in [0.1, 0.15) is 0 Å². The van der Waals surface area contributed by atoms with Gasteiger partial charge in [-0.15, -0.1) is 0 Å². The maximum atomic E-state index is 10.1. The van der Waals surface area contributed by atoms with E-state index in [1.54, 1.807) is 0 Å². The summed E-state index contributed by atoms with van der Waals surface area (Å²) in [5, 5.41) is 8.32. The fourth-order valence-corrected chi connectivity index (χ4v) is 1.91. The van der Waals surface area contributed by atoms with E-state index in [4.69, 9.17) is 5.11 Å². The second-order valence-corrected chi connectivity index (χ2v) is 5.33. The lowest BCUT2D eigenvalue weighted by molar-refractivity contribution is -0.137. The van der Waals surface area contributed by atoms with Crippen LogP contribution in [0.5, 0.6) is 0 Å². The molecule has 0 aliphatic heterocycles. The Labute approximate surface area is 121 Å². The van der Waals surface area contributed by atoms with Gasteiger partial charge in [0.15, 0.2) is 0 Å². The summed E-state index contributed by atoms with van der Waals surface area (Å²) in [6.07, 6.45) is 15.7. The van der Waals surface area contributed by atoms with Crippen molar-refractivity contribution >= 4 is 5.97 Å². The van der Waals surface area contributed by atoms with Gasteiger partial charge in [0.25, 0.3) is 0 Å². The van der Waals surface area contributed by atoms with Crippen LogP contribution >= 0.6 is 0 Å². The van der Waals surface area contributed by atoms with E-state index in [1.165, 1.54) is 64.2 Å². The van der Waals surface area contributed by atoms with Crippen LogP contribution in [0.3, 0.4) is 0 Å². The summed E-state index contributed by atoms with van der Waals surface area (Å²) >= 11 is 0. The molecule has 0 heterocycles. The van der Waals surface area contributed by atoms with Gasteiger partial charge < -0.3 is 5.11 Å². The standard InChI is InChI=1S/C9H18O2.C8H18/c1-2-3-4-5-6-7-8-9(10)11;1-3-5-7-8-6-4-2/h2-8H2,1H3,(H,10,11);3-8H2,1-2H3. The van der Waals surface area contributed by atoms with E-state index in [0.29, 0.717) is 6.42 Å². The number of carboxylic acid groups (broad SMARTS) is 1. The molecule has 2 nitrogen and oxygen atoms in total. The van der Waals surface area contributed by atoms with Gasteiger partial charge in [-0.05, 0) is 6.42 Å². The first-order valence-corrected chi connectivity index (χ1v) is 8.40. The highest BCUT2D eigenvalue weighted by atomic mass is 16.4. The summed E-state index contributed by atoms with van der Waals surface area (Å²) in [6, 6.07) is 0. The van der Waals surface area contributed by atoms with E-state index in [-0.39, 0.29) is 0 Å². The molecule has 0 radical (unpaired) electrons. The first kappa shape index (κ1) is 20.8. The van der Waals surface area contributed by atoms with Crippen LogP contribution in [0.15, 0.2) is 0 Å². The lowest BCUT2D eigenvalue weighted by atomic mass is 10.1. The molecule has 0 spiro atoms. The Balaban J connectivity index is 0. The fraction of sp³-hybridized carbons (Fsp3) is 0.941. The maximum absolute atomic E-state index is 10.1. The minimum atomic E-state index is -0.666. The molecule has 116 valence electrons. The normalized spacial score (nSPS) is 9.84. The lowest BCUT2D eigenvalue weighted by Crippen LogP contribution is -1.93. The van der Waals surface area contributed by atoms with Gasteiger partial charge in [-0.3, -0.25) is 4.79 Å². The van der Waals surface area contributed by atoms with Crippen molar-refractivity contribution in [2.75, 3.05) is 0 Å². The van der Waals surface area contributed by atoms with Crippen LogP contribution in [0, 0.1) is 0 Å². The number of aliphatic carboxylic acids is 1. The summed E-state index contributed by atoms with van der Waals surface area (Å²) < 4.78 is 0. The summed E-state index contributed by atoms with van der Waals surface area (Å²) in [4.78, 5) is 10.1. The van der Waals surface area contributed by atoms with Crippen molar-refractivity contribution < 1.29 is 9.90 Å². The molecule has 0 bridgehead atoms. The highest BCUT2D eigenvalue weighted by Crippen LogP contribution is 2.06. The SMILES string of the molecule is CCCCCCCC.CCCCCCCCC(=O)O. The minimum Gasteiger partial charge on any atom is -0.481 e. The number of rotatable bonds is 12. The van der Waals surface area contributed by atoms with Gasteiger partial charge in [-0.25, -0.2) is 0 Å². The van der Waals surface area contributed by atoms with Gasteiger partial charge in [0.05, 0.1) is 0 Å². The van der Waals surface area contributed by atoms with Crippen molar-refractivity contribution in [3.8, 4) is 0 Å². The number of carboxylic acids is 1. The Morgan fingerprint density at radius 3 is 1.26 bits per heavy atom. The van der Waals surface area contributed by atoms with Gasteiger partial charge in [0, 0.05) is 6.42 Å². The molecule has 0 unspecified atom stereocenters. The second-order valence-electron chi connectivity index (χ2n) is 5.33. The van der Waals surface area contributed by atoms with Crippen LogP contribution in [0.25, 0.3) is 0 Å². The molecule has 0 saturated carbocycles. The molecule has 0 aromatic heterocycles. The van der Waals surface area contributed by atoms with Gasteiger partial charge >= 0.3 is 5.97 Å². The summed E-state index contributed by atoms with van der Waals surface area (Å²) in [6.45, 7) is 6.69. The minimum absolute atomic E-state index is 0.339. The van der Waals surface area contributed by atoms with E-state index in [0.717, 1.165) is 12.8 Å². The van der Waals surface area contributed by atoms with Crippen LogP contribution in [-0.2, 0) is 4.79 Å². The molecule has 0 aromatic rings.